The third kappa shape index (κ3) is 4.38. The highest BCUT2D eigenvalue weighted by Crippen LogP contribution is 2.54. The van der Waals surface area contributed by atoms with Crippen molar-refractivity contribution in [3.8, 4) is 0 Å². The predicted octanol–water partition coefficient (Wildman–Crippen LogP) is 5.41. The minimum absolute atomic E-state index is 0.0740. The van der Waals surface area contributed by atoms with Crippen LogP contribution in [0.2, 0.25) is 10.0 Å². The van der Waals surface area contributed by atoms with Crippen LogP contribution >= 0.6 is 23.2 Å². The van der Waals surface area contributed by atoms with Crippen molar-refractivity contribution in [1.29, 1.82) is 0 Å². The number of para-hydroxylation sites is 1. The molecule has 1 aliphatic carbocycles. The first-order chi connectivity index (χ1) is 18.9. The van der Waals surface area contributed by atoms with E-state index in [1.165, 1.54) is 0 Å². The van der Waals surface area contributed by atoms with Crippen molar-refractivity contribution < 1.29 is 14.4 Å². The van der Waals surface area contributed by atoms with Crippen molar-refractivity contribution in [1.82, 2.24) is 20.1 Å². The fourth-order valence-electron chi connectivity index (χ4n) is 6.61. The van der Waals surface area contributed by atoms with Crippen LogP contribution < -0.4 is 5.32 Å². The maximum absolute atomic E-state index is 14.0. The van der Waals surface area contributed by atoms with Crippen LogP contribution in [0.15, 0.2) is 48.5 Å². The lowest BCUT2D eigenvalue weighted by atomic mass is 9.85. The lowest BCUT2D eigenvalue weighted by Crippen LogP contribution is -2.59. The second-order valence-corrected chi connectivity index (χ2v) is 13.5. The Labute approximate surface area is 244 Å². The fourth-order valence-corrected chi connectivity index (χ4v) is 7.20. The van der Waals surface area contributed by atoms with Gasteiger partial charge >= 0.3 is 0 Å². The van der Waals surface area contributed by atoms with Crippen LogP contribution in [0.3, 0.4) is 0 Å². The first kappa shape index (κ1) is 27.2. The number of nitrogens with one attached hydrogen (secondary N) is 2. The standard InChI is InChI=1S/C31H34Cl2N4O3/c1-17-24-16-37(29(40)31(11-12-31)20-10-9-19(32)14-21(20)33)25(17)15-36(24)28(39)26(30(2,3)4)35-27(38)23-13-18-7-5-6-8-22(18)34-23/h5-10,13-14,17,24-26,34H,11-12,15-16H2,1-4H3,(H,35,38). The Morgan fingerprint density at radius 1 is 1.00 bits per heavy atom. The first-order valence-corrected chi connectivity index (χ1v) is 14.6. The number of rotatable bonds is 5. The molecule has 4 atom stereocenters. The van der Waals surface area contributed by atoms with Crippen LogP contribution in [0.1, 0.15) is 56.6 Å². The average molecular weight is 582 g/mol. The molecule has 0 spiro atoms. The average Bonchev–Trinajstić information content (AvgIpc) is 3.35. The molecule has 210 valence electrons. The molecule has 3 heterocycles. The van der Waals surface area contributed by atoms with E-state index >= 15 is 0 Å². The molecule has 7 nitrogen and oxygen atoms in total. The first-order valence-electron chi connectivity index (χ1n) is 13.9. The summed E-state index contributed by atoms with van der Waals surface area (Å²) in [6.07, 6.45) is 1.51. The number of nitrogens with zero attached hydrogens (tertiary/aromatic N) is 2. The van der Waals surface area contributed by atoms with Crippen LogP contribution in [0, 0.1) is 11.3 Å². The summed E-state index contributed by atoms with van der Waals surface area (Å²) in [7, 11) is 0. The number of amides is 3. The number of fused-ring (bicyclic) bond motifs is 3. The topological polar surface area (TPSA) is 85.5 Å². The number of aromatic amines is 1. The Morgan fingerprint density at radius 2 is 1.68 bits per heavy atom. The molecule has 6 rings (SSSR count). The maximum Gasteiger partial charge on any atom is 0.268 e. The van der Waals surface area contributed by atoms with Gasteiger partial charge in [-0.05, 0) is 48.1 Å². The molecule has 2 aromatic carbocycles. The van der Waals surface area contributed by atoms with Crippen LogP contribution in [-0.2, 0) is 15.0 Å². The van der Waals surface area contributed by atoms with Gasteiger partial charge in [0.1, 0.15) is 11.7 Å². The molecule has 2 saturated heterocycles. The summed E-state index contributed by atoms with van der Waals surface area (Å²) < 4.78 is 0. The van der Waals surface area contributed by atoms with Gasteiger partial charge in [0.2, 0.25) is 11.8 Å². The largest absolute Gasteiger partial charge is 0.351 e. The summed E-state index contributed by atoms with van der Waals surface area (Å²) in [5.74, 6) is -0.198. The number of carbonyl (C=O) groups excluding carboxylic acids is 3. The number of halogens is 2. The van der Waals surface area contributed by atoms with E-state index in [1.807, 2.05) is 60.9 Å². The van der Waals surface area contributed by atoms with Crippen molar-refractivity contribution in [3.63, 3.8) is 0 Å². The normalized spacial score (nSPS) is 23.9. The molecule has 3 amide bonds. The molecule has 2 aliphatic heterocycles. The molecule has 3 fully saturated rings. The number of hydrogen-bond donors (Lipinski definition) is 2. The van der Waals surface area contributed by atoms with Gasteiger partial charge in [-0.3, -0.25) is 14.4 Å². The van der Waals surface area contributed by atoms with E-state index < -0.39 is 16.9 Å². The highest BCUT2D eigenvalue weighted by atomic mass is 35.5. The Bertz CT molecular complexity index is 1490. The predicted molar refractivity (Wildman–Crippen MR) is 157 cm³/mol. The SMILES string of the molecule is CC1C2CN(C(=O)C3(c4ccc(Cl)cc4Cl)CC3)C1CN2C(=O)C(NC(=O)c1cc2ccccc2[nH]1)C(C)(C)C. The van der Waals surface area contributed by atoms with Crippen molar-refractivity contribution in [2.45, 2.75) is 64.1 Å². The molecular formula is C31H34Cl2N4O3. The summed E-state index contributed by atoms with van der Waals surface area (Å²) in [6, 6.07) is 13.9. The molecule has 3 aliphatic rings. The zero-order valence-electron chi connectivity index (χ0n) is 23.1. The quantitative estimate of drug-likeness (QED) is 0.423. The van der Waals surface area contributed by atoms with E-state index in [0.717, 1.165) is 29.3 Å². The maximum atomic E-state index is 14.0. The summed E-state index contributed by atoms with van der Waals surface area (Å²) >= 11 is 12.6. The van der Waals surface area contributed by atoms with Crippen molar-refractivity contribution in [2.75, 3.05) is 13.1 Å². The number of aromatic nitrogens is 1. The molecule has 1 aromatic heterocycles. The Kier molecular flexibility index (Phi) is 6.46. The number of H-pyrrole nitrogens is 1. The fraction of sp³-hybridized carbons (Fsp3) is 0.452. The van der Waals surface area contributed by atoms with Crippen LogP contribution in [0.4, 0.5) is 0 Å². The molecule has 9 heteroatoms. The van der Waals surface area contributed by atoms with Gasteiger partial charge in [0.15, 0.2) is 0 Å². The number of benzene rings is 2. The van der Waals surface area contributed by atoms with E-state index in [-0.39, 0.29) is 35.7 Å². The number of hydrogen-bond acceptors (Lipinski definition) is 3. The zero-order chi connectivity index (χ0) is 28.6. The molecule has 1 saturated carbocycles. The van der Waals surface area contributed by atoms with Gasteiger partial charge in [0, 0.05) is 40.0 Å². The van der Waals surface area contributed by atoms with Gasteiger partial charge in [-0.1, -0.05) is 75.2 Å². The van der Waals surface area contributed by atoms with E-state index in [9.17, 15) is 14.4 Å². The van der Waals surface area contributed by atoms with E-state index in [4.69, 9.17) is 23.2 Å². The highest BCUT2D eigenvalue weighted by Gasteiger charge is 2.60. The molecule has 40 heavy (non-hydrogen) atoms. The second kappa shape index (κ2) is 9.52. The van der Waals surface area contributed by atoms with Crippen molar-refractivity contribution in [3.05, 3.63) is 69.8 Å². The summed E-state index contributed by atoms with van der Waals surface area (Å²) in [4.78, 5) is 48.2. The molecule has 2 bridgehead atoms. The molecule has 2 N–H and O–H groups in total. The smallest absolute Gasteiger partial charge is 0.268 e. The number of piperazine rings is 1. The monoisotopic (exact) mass is 580 g/mol. The summed E-state index contributed by atoms with van der Waals surface area (Å²) in [5, 5.41) is 5.02. The summed E-state index contributed by atoms with van der Waals surface area (Å²) in [6.45, 7) is 8.93. The zero-order valence-corrected chi connectivity index (χ0v) is 24.6. The van der Waals surface area contributed by atoms with Crippen molar-refractivity contribution in [2.24, 2.45) is 11.3 Å². The minimum Gasteiger partial charge on any atom is -0.351 e. The summed E-state index contributed by atoms with van der Waals surface area (Å²) in [5.41, 5.74) is 1.01. The second-order valence-electron chi connectivity index (χ2n) is 12.7. The molecule has 0 radical (unpaired) electrons. The van der Waals surface area contributed by atoms with Crippen molar-refractivity contribution >= 4 is 51.8 Å². The van der Waals surface area contributed by atoms with E-state index in [2.05, 4.69) is 17.2 Å². The molecule has 3 aromatic rings. The van der Waals surface area contributed by atoms with E-state index in [0.29, 0.717) is 28.8 Å². The number of likely N-dealkylation sites (tertiary alicyclic amines) is 2. The molecule has 4 unspecified atom stereocenters. The number of carbonyl (C=O) groups is 3. The van der Waals surface area contributed by atoms with Gasteiger partial charge < -0.3 is 20.1 Å². The third-order valence-corrected chi connectivity index (χ3v) is 9.64. The van der Waals surface area contributed by atoms with Gasteiger partial charge in [-0.25, -0.2) is 0 Å². The Morgan fingerprint density at radius 3 is 2.27 bits per heavy atom. The van der Waals surface area contributed by atoms with Crippen LogP contribution in [0.25, 0.3) is 10.9 Å². The third-order valence-electron chi connectivity index (χ3n) is 9.10. The van der Waals surface area contributed by atoms with Gasteiger partial charge in [0.25, 0.3) is 5.91 Å². The highest BCUT2D eigenvalue weighted by molar-refractivity contribution is 6.35. The van der Waals surface area contributed by atoms with Crippen LogP contribution in [0.5, 0.6) is 0 Å². The Balaban J connectivity index is 1.19. The van der Waals surface area contributed by atoms with Crippen LogP contribution in [-0.4, -0.2) is 63.7 Å². The lowest BCUT2D eigenvalue weighted by Gasteiger charge is -2.40. The Hall–Kier alpha value is -3.03. The molecular weight excluding hydrogens is 547 g/mol. The van der Waals surface area contributed by atoms with Gasteiger partial charge in [-0.15, -0.1) is 0 Å². The lowest BCUT2D eigenvalue weighted by molar-refractivity contribution is -0.143. The van der Waals surface area contributed by atoms with Gasteiger partial charge in [-0.2, -0.15) is 0 Å². The minimum atomic E-state index is -0.718. The van der Waals surface area contributed by atoms with Gasteiger partial charge in [0.05, 0.1) is 17.5 Å². The van der Waals surface area contributed by atoms with E-state index in [1.54, 1.807) is 18.2 Å².